The van der Waals surface area contributed by atoms with Gasteiger partial charge in [-0.15, -0.1) is 12.4 Å². The Labute approximate surface area is 134 Å². The number of carbonyl (C=O) groups is 1. The summed E-state index contributed by atoms with van der Waals surface area (Å²) in [5, 5.41) is 12.5. The first kappa shape index (κ1) is 16.6. The normalized spacial score (nSPS) is 21.1. The number of hydrogen-bond acceptors (Lipinski definition) is 3. The van der Waals surface area contributed by atoms with E-state index in [0.29, 0.717) is 15.6 Å². The highest BCUT2D eigenvalue weighted by atomic mass is 79.9. The molecule has 1 fully saturated rings. The molecule has 2 N–H and O–H groups in total. The Kier molecular flexibility index (Phi) is 5.15. The molecular weight excluding hydrogens is 401 g/mol. The fourth-order valence-electron chi connectivity index (χ4n) is 1.98. The van der Waals surface area contributed by atoms with Gasteiger partial charge in [-0.05, 0) is 49.6 Å². The third kappa shape index (κ3) is 3.35. The molecule has 1 aromatic carbocycles. The van der Waals surface area contributed by atoms with Crippen LogP contribution in [0, 0.1) is 5.41 Å². The molecular formula is C12H14Br2ClNO3. The molecule has 1 atom stereocenters. The van der Waals surface area contributed by atoms with E-state index in [1.54, 1.807) is 12.1 Å². The maximum atomic E-state index is 11.4. The van der Waals surface area contributed by atoms with Crippen molar-refractivity contribution in [2.24, 2.45) is 5.41 Å². The summed E-state index contributed by atoms with van der Waals surface area (Å²) < 4.78 is 6.18. The summed E-state index contributed by atoms with van der Waals surface area (Å²) in [5.41, 5.74) is 0.692. The third-order valence-electron chi connectivity index (χ3n) is 2.99. The van der Waals surface area contributed by atoms with E-state index in [2.05, 4.69) is 37.2 Å². The topological polar surface area (TPSA) is 58.6 Å². The number of aromatic hydroxyl groups is 1. The van der Waals surface area contributed by atoms with Gasteiger partial charge in [0.15, 0.2) is 0 Å². The molecule has 0 radical (unpaired) electrons. The standard InChI is InChI=1S/C12H13Br2NO3.ClH/c1-12(2)5-18-11(17)15-10(12)6-3-7(13)9(16)8(14)4-6;/h3-4,10,16H,5H2,1-2H3,(H,15,17);1H/t10-;/m0./s1. The second kappa shape index (κ2) is 5.89. The largest absolute Gasteiger partial charge is 0.506 e. The second-order valence-corrected chi connectivity index (χ2v) is 6.68. The predicted molar refractivity (Wildman–Crippen MR) is 81.8 cm³/mol. The minimum Gasteiger partial charge on any atom is -0.506 e. The second-order valence-electron chi connectivity index (χ2n) is 4.98. The van der Waals surface area contributed by atoms with E-state index in [9.17, 15) is 9.90 Å². The first-order valence-electron chi connectivity index (χ1n) is 5.42. The Bertz CT molecular complexity index is 485. The Morgan fingerprint density at radius 2 is 1.89 bits per heavy atom. The number of alkyl carbamates (subject to hydrolysis) is 1. The quantitative estimate of drug-likeness (QED) is 0.725. The zero-order valence-corrected chi connectivity index (χ0v) is 14.4. The number of benzene rings is 1. The summed E-state index contributed by atoms with van der Waals surface area (Å²) in [6.45, 7) is 4.40. The van der Waals surface area contributed by atoms with E-state index in [1.807, 2.05) is 13.8 Å². The lowest BCUT2D eigenvalue weighted by Crippen LogP contribution is -2.46. The fourth-order valence-corrected chi connectivity index (χ4v) is 3.20. The zero-order valence-electron chi connectivity index (χ0n) is 10.4. The summed E-state index contributed by atoms with van der Waals surface area (Å²) >= 11 is 6.58. The van der Waals surface area contributed by atoms with Gasteiger partial charge in [0.2, 0.25) is 0 Å². The number of hydrogen-bond donors (Lipinski definition) is 2. The molecule has 1 aliphatic rings. The Morgan fingerprint density at radius 3 is 2.42 bits per heavy atom. The van der Waals surface area contributed by atoms with Crippen molar-refractivity contribution in [2.45, 2.75) is 19.9 Å². The van der Waals surface area contributed by atoms with Gasteiger partial charge in [-0.2, -0.15) is 0 Å². The first-order chi connectivity index (χ1) is 8.31. The zero-order chi connectivity index (χ0) is 13.5. The Morgan fingerprint density at radius 1 is 1.37 bits per heavy atom. The van der Waals surface area contributed by atoms with Gasteiger partial charge in [0.05, 0.1) is 15.0 Å². The van der Waals surface area contributed by atoms with Crippen LogP contribution in [0.1, 0.15) is 25.5 Å². The summed E-state index contributed by atoms with van der Waals surface area (Å²) in [6, 6.07) is 3.45. The van der Waals surface area contributed by atoms with Crippen molar-refractivity contribution in [3.8, 4) is 5.75 Å². The lowest BCUT2D eigenvalue weighted by atomic mass is 9.80. The van der Waals surface area contributed by atoms with Gasteiger partial charge >= 0.3 is 6.09 Å². The van der Waals surface area contributed by atoms with Crippen molar-refractivity contribution in [1.29, 1.82) is 0 Å². The summed E-state index contributed by atoms with van der Waals surface area (Å²) in [4.78, 5) is 11.4. The molecule has 106 valence electrons. The van der Waals surface area contributed by atoms with Crippen molar-refractivity contribution in [1.82, 2.24) is 5.32 Å². The van der Waals surface area contributed by atoms with Crippen LogP contribution in [-0.2, 0) is 4.74 Å². The number of halogens is 3. The van der Waals surface area contributed by atoms with E-state index < -0.39 is 6.09 Å². The van der Waals surface area contributed by atoms with Crippen LogP contribution in [0.25, 0.3) is 0 Å². The molecule has 19 heavy (non-hydrogen) atoms. The fraction of sp³-hybridized carbons (Fsp3) is 0.417. The van der Waals surface area contributed by atoms with E-state index in [1.165, 1.54) is 0 Å². The highest BCUT2D eigenvalue weighted by Gasteiger charge is 2.38. The molecule has 2 rings (SSSR count). The van der Waals surface area contributed by atoms with Crippen molar-refractivity contribution >= 4 is 50.4 Å². The van der Waals surface area contributed by atoms with Gasteiger partial charge in [-0.1, -0.05) is 13.8 Å². The van der Waals surface area contributed by atoms with Gasteiger partial charge < -0.3 is 15.2 Å². The molecule has 7 heteroatoms. The molecule has 1 amide bonds. The SMILES string of the molecule is CC1(C)COC(=O)N[C@H]1c1cc(Br)c(O)c(Br)c1.Cl. The minimum absolute atomic E-state index is 0. The monoisotopic (exact) mass is 413 g/mol. The van der Waals surface area contributed by atoms with Gasteiger partial charge in [0.25, 0.3) is 0 Å². The average Bonchev–Trinajstić information content (AvgIpc) is 2.28. The molecule has 1 saturated heterocycles. The molecule has 0 bridgehead atoms. The van der Waals surface area contributed by atoms with Crippen LogP contribution in [0.4, 0.5) is 4.79 Å². The van der Waals surface area contributed by atoms with Crippen molar-refractivity contribution in [2.75, 3.05) is 6.61 Å². The lowest BCUT2D eigenvalue weighted by molar-refractivity contribution is 0.0387. The van der Waals surface area contributed by atoms with E-state index in [4.69, 9.17) is 4.74 Å². The maximum Gasteiger partial charge on any atom is 0.407 e. The number of phenols is 1. The molecule has 1 aromatic rings. The van der Waals surface area contributed by atoms with Crippen LogP contribution in [0.2, 0.25) is 0 Å². The van der Waals surface area contributed by atoms with Crippen molar-refractivity contribution < 1.29 is 14.6 Å². The molecule has 0 aromatic heterocycles. The van der Waals surface area contributed by atoms with Crippen LogP contribution >= 0.6 is 44.3 Å². The Hall–Kier alpha value is -0.460. The maximum absolute atomic E-state index is 11.4. The molecule has 0 aliphatic carbocycles. The highest BCUT2D eigenvalue weighted by molar-refractivity contribution is 9.11. The molecule has 4 nitrogen and oxygen atoms in total. The number of rotatable bonds is 1. The lowest BCUT2D eigenvalue weighted by Gasteiger charge is -2.38. The summed E-state index contributed by atoms with van der Waals surface area (Å²) in [7, 11) is 0. The number of amides is 1. The Balaban J connectivity index is 0.00000180. The molecule has 1 aliphatic heterocycles. The summed E-state index contributed by atoms with van der Waals surface area (Å²) in [6.07, 6.45) is -0.417. The number of nitrogens with one attached hydrogen (secondary N) is 1. The van der Waals surface area contributed by atoms with Gasteiger partial charge in [-0.25, -0.2) is 4.79 Å². The van der Waals surface area contributed by atoms with Gasteiger partial charge in [0, 0.05) is 5.41 Å². The van der Waals surface area contributed by atoms with E-state index in [-0.39, 0.29) is 29.6 Å². The predicted octanol–water partition coefficient (Wildman–Crippen LogP) is 4.15. The molecule has 0 saturated carbocycles. The molecule has 1 heterocycles. The highest BCUT2D eigenvalue weighted by Crippen LogP contribution is 2.41. The number of ether oxygens (including phenoxy) is 1. The van der Waals surface area contributed by atoms with Crippen LogP contribution in [0.5, 0.6) is 5.75 Å². The number of carbonyl (C=O) groups excluding carboxylic acids is 1. The first-order valence-corrected chi connectivity index (χ1v) is 7.01. The average molecular weight is 416 g/mol. The van der Waals surface area contributed by atoms with Gasteiger partial charge in [0.1, 0.15) is 12.4 Å². The van der Waals surface area contributed by atoms with Crippen LogP contribution < -0.4 is 5.32 Å². The molecule has 0 unspecified atom stereocenters. The number of cyclic esters (lactones) is 1. The number of phenolic OH excluding ortho intramolecular Hbond substituents is 1. The van der Waals surface area contributed by atoms with Crippen LogP contribution in [0.3, 0.4) is 0 Å². The third-order valence-corrected chi connectivity index (χ3v) is 4.20. The van der Waals surface area contributed by atoms with Gasteiger partial charge in [-0.3, -0.25) is 0 Å². The summed E-state index contributed by atoms with van der Waals surface area (Å²) in [5.74, 6) is 0.148. The molecule has 0 spiro atoms. The van der Waals surface area contributed by atoms with E-state index in [0.717, 1.165) is 5.56 Å². The van der Waals surface area contributed by atoms with E-state index >= 15 is 0 Å². The van der Waals surface area contributed by atoms with Crippen molar-refractivity contribution in [3.05, 3.63) is 26.6 Å². The van der Waals surface area contributed by atoms with Crippen LogP contribution in [0.15, 0.2) is 21.1 Å². The van der Waals surface area contributed by atoms with Crippen molar-refractivity contribution in [3.63, 3.8) is 0 Å². The smallest absolute Gasteiger partial charge is 0.407 e. The minimum atomic E-state index is -0.417. The van der Waals surface area contributed by atoms with Crippen LogP contribution in [-0.4, -0.2) is 17.8 Å².